The van der Waals surface area contributed by atoms with Gasteiger partial charge in [-0.2, -0.15) is 0 Å². The number of alkyl carbamates (subject to hydrolysis) is 1. The first-order chi connectivity index (χ1) is 15.2. The van der Waals surface area contributed by atoms with Gasteiger partial charge in [0.05, 0.1) is 12.5 Å². The molecule has 32 heavy (non-hydrogen) atoms. The van der Waals surface area contributed by atoms with Gasteiger partial charge in [-0.1, -0.05) is 69.3 Å². The van der Waals surface area contributed by atoms with Crippen LogP contribution in [0.1, 0.15) is 60.0 Å². The fourth-order valence-corrected chi connectivity index (χ4v) is 5.24. The number of carboxylic acid groups (broad SMARTS) is 1. The molecule has 166 valence electrons. The van der Waals surface area contributed by atoms with Crippen LogP contribution in [0.25, 0.3) is 11.1 Å². The van der Waals surface area contributed by atoms with Crippen LogP contribution in [0, 0.1) is 0 Å². The predicted octanol–water partition coefficient (Wildman–Crippen LogP) is 6.10. The summed E-state index contributed by atoms with van der Waals surface area (Å²) in [7, 11) is 0. The molecule has 3 aromatic rings. The number of ether oxygens (including phenoxy) is 1. The molecule has 6 heteroatoms. The van der Waals surface area contributed by atoms with E-state index in [1.165, 1.54) is 11.3 Å². The third-order valence-corrected chi connectivity index (χ3v) is 7.35. The molecule has 1 amide bonds. The molecule has 1 aromatic heterocycles. The maximum Gasteiger partial charge on any atom is 0.407 e. The van der Waals surface area contributed by atoms with Crippen LogP contribution in [0.3, 0.4) is 0 Å². The molecular weight excluding hydrogens is 422 g/mol. The Hall–Kier alpha value is -3.12. The van der Waals surface area contributed by atoms with E-state index < -0.39 is 18.1 Å². The summed E-state index contributed by atoms with van der Waals surface area (Å²) in [6.45, 7) is 6.51. The number of carbonyl (C=O) groups is 2. The molecule has 0 saturated carbocycles. The van der Waals surface area contributed by atoms with Crippen molar-refractivity contribution in [2.75, 3.05) is 6.61 Å². The topological polar surface area (TPSA) is 75.6 Å². The van der Waals surface area contributed by atoms with Crippen LogP contribution in [0.2, 0.25) is 0 Å². The van der Waals surface area contributed by atoms with Crippen LogP contribution >= 0.6 is 11.3 Å². The highest BCUT2D eigenvalue weighted by Gasteiger charge is 2.30. The summed E-state index contributed by atoms with van der Waals surface area (Å²) < 4.78 is 5.61. The number of fused-ring (bicyclic) bond motifs is 3. The summed E-state index contributed by atoms with van der Waals surface area (Å²) in [5.74, 6) is -1.01. The lowest BCUT2D eigenvalue weighted by molar-refractivity contribution is -0.137. The van der Waals surface area contributed by atoms with Crippen molar-refractivity contribution in [3.8, 4) is 11.1 Å². The van der Waals surface area contributed by atoms with Crippen molar-refractivity contribution in [2.24, 2.45) is 0 Å². The fraction of sp³-hybridized carbons (Fsp3) is 0.308. The zero-order valence-electron chi connectivity index (χ0n) is 18.4. The van der Waals surface area contributed by atoms with Crippen molar-refractivity contribution in [2.45, 2.75) is 44.6 Å². The average molecular weight is 450 g/mol. The number of aliphatic carboxylic acids is 1. The minimum absolute atomic E-state index is 0.0412. The summed E-state index contributed by atoms with van der Waals surface area (Å²) in [4.78, 5) is 26.0. The van der Waals surface area contributed by atoms with Crippen LogP contribution in [0.4, 0.5) is 4.79 Å². The van der Waals surface area contributed by atoms with Crippen LogP contribution in [0.15, 0.2) is 60.7 Å². The Labute approximate surface area is 192 Å². The largest absolute Gasteiger partial charge is 0.481 e. The van der Waals surface area contributed by atoms with Crippen molar-refractivity contribution in [1.29, 1.82) is 0 Å². The highest BCUT2D eigenvalue weighted by molar-refractivity contribution is 7.12. The molecule has 1 aliphatic carbocycles. The number of nitrogens with one attached hydrogen (secondary N) is 1. The lowest BCUT2D eigenvalue weighted by atomic mass is 9.95. The van der Waals surface area contributed by atoms with Crippen LogP contribution in [-0.2, 0) is 14.9 Å². The summed E-state index contributed by atoms with van der Waals surface area (Å²) >= 11 is 1.52. The van der Waals surface area contributed by atoms with Gasteiger partial charge in [0.25, 0.3) is 0 Å². The van der Waals surface area contributed by atoms with Crippen LogP contribution in [-0.4, -0.2) is 23.8 Å². The molecule has 1 unspecified atom stereocenters. The first-order valence-electron chi connectivity index (χ1n) is 10.7. The van der Waals surface area contributed by atoms with Crippen molar-refractivity contribution in [3.63, 3.8) is 0 Å². The maximum absolute atomic E-state index is 12.7. The molecule has 0 saturated heterocycles. The molecule has 5 nitrogen and oxygen atoms in total. The SMILES string of the molecule is CC(C)(C)c1ccc(C(CC(=O)O)NC(=O)OCC2c3ccccc3-c3ccccc32)s1. The van der Waals surface area contributed by atoms with Gasteiger partial charge in [-0.05, 0) is 39.8 Å². The molecule has 0 spiro atoms. The Morgan fingerprint density at radius 2 is 1.59 bits per heavy atom. The normalized spacial score (nSPS) is 13.8. The van der Waals surface area contributed by atoms with Crippen molar-refractivity contribution in [1.82, 2.24) is 5.32 Å². The van der Waals surface area contributed by atoms with Gasteiger partial charge in [-0.15, -0.1) is 11.3 Å². The Bertz CT molecular complexity index is 1100. The smallest absolute Gasteiger partial charge is 0.407 e. The van der Waals surface area contributed by atoms with E-state index in [1.807, 2.05) is 36.4 Å². The lowest BCUT2D eigenvalue weighted by Gasteiger charge is -2.19. The second kappa shape index (κ2) is 8.79. The first-order valence-corrected chi connectivity index (χ1v) is 11.5. The van der Waals surface area contributed by atoms with E-state index in [1.54, 1.807) is 0 Å². The second-order valence-electron chi connectivity index (χ2n) is 9.07. The van der Waals surface area contributed by atoms with Crippen molar-refractivity contribution < 1.29 is 19.4 Å². The van der Waals surface area contributed by atoms with Gasteiger partial charge < -0.3 is 15.2 Å². The molecule has 2 N–H and O–H groups in total. The quantitative estimate of drug-likeness (QED) is 0.477. The van der Waals surface area contributed by atoms with Crippen molar-refractivity contribution in [3.05, 3.63) is 81.5 Å². The zero-order chi connectivity index (χ0) is 22.9. The summed E-state index contributed by atoms with van der Waals surface area (Å²) in [5, 5.41) is 12.1. The standard InChI is InChI=1S/C26H27NO4S/c1-26(2,3)23-13-12-22(32-23)21(14-24(28)29)27-25(30)31-15-20-18-10-6-4-8-16(18)17-9-5-7-11-19(17)20/h4-13,20-21H,14-15H2,1-3H3,(H,27,30)(H,28,29). The van der Waals surface area contributed by atoms with Gasteiger partial charge in [-0.25, -0.2) is 4.79 Å². The molecule has 1 atom stereocenters. The molecule has 1 aliphatic rings. The van der Waals surface area contributed by atoms with E-state index in [4.69, 9.17) is 4.74 Å². The highest BCUT2D eigenvalue weighted by Crippen LogP contribution is 2.44. The first kappa shape index (κ1) is 22.1. The van der Waals surface area contributed by atoms with E-state index in [0.717, 1.165) is 32.0 Å². The molecule has 1 heterocycles. The Morgan fingerprint density at radius 1 is 1.00 bits per heavy atom. The van der Waals surface area contributed by atoms with E-state index >= 15 is 0 Å². The summed E-state index contributed by atoms with van der Waals surface area (Å²) in [5.41, 5.74) is 4.55. The molecule has 0 radical (unpaired) electrons. The van der Waals surface area contributed by atoms with E-state index in [-0.39, 0.29) is 24.4 Å². The minimum Gasteiger partial charge on any atom is -0.481 e. The average Bonchev–Trinajstić information content (AvgIpc) is 3.35. The Balaban J connectivity index is 1.47. The van der Waals surface area contributed by atoms with Gasteiger partial charge >= 0.3 is 12.1 Å². The van der Waals surface area contributed by atoms with Crippen LogP contribution in [0.5, 0.6) is 0 Å². The Kier molecular flexibility index (Phi) is 6.07. The number of carbonyl (C=O) groups excluding carboxylic acids is 1. The molecule has 2 aromatic carbocycles. The van der Waals surface area contributed by atoms with Gasteiger partial charge in [0.1, 0.15) is 6.61 Å². The zero-order valence-corrected chi connectivity index (χ0v) is 19.2. The Morgan fingerprint density at radius 3 is 2.12 bits per heavy atom. The van der Waals surface area contributed by atoms with E-state index in [0.29, 0.717) is 0 Å². The minimum atomic E-state index is -0.973. The third-order valence-electron chi connectivity index (χ3n) is 5.72. The highest BCUT2D eigenvalue weighted by atomic mass is 32.1. The lowest BCUT2D eigenvalue weighted by Crippen LogP contribution is -2.31. The molecule has 0 aliphatic heterocycles. The number of rotatable bonds is 6. The number of hydrogen-bond acceptors (Lipinski definition) is 4. The summed E-state index contributed by atoms with van der Waals surface area (Å²) in [6, 6.07) is 19.5. The van der Waals surface area contributed by atoms with Gasteiger partial charge in [0.2, 0.25) is 0 Å². The number of benzene rings is 2. The number of amides is 1. The second-order valence-corrected chi connectivity index (χ2v) is 10.2. The predicted molar refractivity (Wildman–Crippen MR) is 126 cm³/mol. The molecule has 0 bridgehead atoms. The van der Waals surface area contributed by atoms with E-state index in [9.17, 15) is 14.7 Å². The third kappa shape index (κ3) is 4.55. The van der Waals surface area contributed by atoms with Gasteiger partial charge in [0.15, 0.2) is 0 Å². The van der Waals surface area contributed by atoms with Gasteiger partial charge in [0, 0.05) is 15.7 Å². The van der Waals surface area contributed by atoms with Gasteiger partial charge in [-0.3, -0.25) is 4.79 Å². The number of thiophene rings is 1. The monoisotopic (exact) mass is 449 g/mol. The van der Waals surface area contributed by atoms with Crippen molar-refractivity contribution >= 4 is 23.4 Å². The van der Waals surface area contributed by atoms with E-state index in [2.05, 4.69) is 50.4 Å². The summed E-state index contributed by atoms with van der Waals surface area (Å²) in [6.07, 6.45) is -0.808. The molecular formula is C26H27NO4S. The molecule has 0 fully saturated rings. The number of carboxylic acids is 1. The van der Waals surface area contributed by atoms with Crippen LogP contribution < -0.4 is 5.32 Å². The fourth-order valence-electron chi connectivity index (χ4n) is 4.12. The molecule has 4 rings (SSSR count). The maximum atomic E-state index is 12.7. The number of hydrogen-bond donors (Lipinski definition) is 2.